The van der Waals surface area contributed by atoms with Crippen molar-refractivity contribution >= 4 is 27.9 Å². The van der Waals surface area contributed by atoms with Crippen molar-refractivity contribution in [1.29, 1.82) is 0 Å². The standard InChI is InChI=1S/C18H17N3O2S/c1-12(14-9-5-7-13-6-3-4-8-15(13)14)20-17(22)16-10-11-19-18(21-16)24(2)23/h3-12H,1-2H3,(H,20,22). The van der Waals surface area contributed by atoms with E-state index in [9.17, 15) is 9.35 Å². The number of hydrogen-bond donors (Lipinski definition) is 1. The van der Waals surface area contributed by atoms with E-state index in [-0.39, 0.29) is 22.8 Å². The van der Waals surface area contributed by atoms with Crippen LogP contribution in [0.4, 0.5) is 0 Å². The Morgan fingerprint density at radius 1 is 1.17 bits per heavy atom. The zero-order valence-electron chi connectivity index (χ0n) is 13.4. The van der Waals surface area contributed by atoms with E-state index in [4.69, 9.17) is 0 Å². The van der Waals surface area contributed by atoms with Gasteiger partial charge in [-0.1, -0.05) is 42.5 Å². The first-order chi connectivity index (χ1) is 11.6. The smallest absolute Gasteiger partial charge is 0.343 e. The number of benzene rings is 2. The highest BCUT2D eigenvalue weighted by atomic mass is 32.2. The molecule has 0 saturated heterocycles. The lowest BCUT2D eigenvalue weighted by Gasteiger charge is -2.16. The fourth-order valence-electron chi connectivity index (χ4n) is 2.58. The number of hydrogen-bond acceptors (Lipinski definition) is 4. The number of nitrogens with one attached hydrogen (secondary N) is 1. The summed E-state index contributed by atoms with van der Waals surface area (Å²) in [4.78, 5) is 20.4. The second kappa shape index (κ2) is 6.98. The maximum Gasteiger partial charge on any atom is 0.343 e. The van der Waals surface area contributed by atoms with Crippen LogP contribution < -0.4 is 5.32 Å². The number of fused-ring (bicyclic) bond motifs is 1. The fourth-order valence-corrected chi connectivity index (χ4v) is 3.02. The van der Waals surface area contributed by atoms with Crippen molar-refractivity contribution in [3.8, 4) is 0 Å². The third-order valence-corrected chi connectivity index (χ3v) is 4.47. The highest BCUT2D eigenvalue weighted by molar-refractivity contribution is 7.90. The lowest BCUT2D eigenvalue weighted by Crippen LogP contribution is -2.28. The monoisotopic (exact) mass is 339 g/mol. The Hall–Kier alpha value is -2.44. The first-order valence-electron chi connectivity index (χ1n) is 7.51. The molecule has 0 aliphatic carbocycles. The molecular weight excluding hydrogens is 322 g/mol. The molecule has 2 atom stereocenters. The van der Waals surface area contributed by atoms with Gasteiger partial charge in [-0.2, -0.15) is 9.97 Å². The van der Waals surface area contributed by atoms with Crippen LogP contribution in [-0.2, 0) is 11.2 Å². The van der Waals surface area contributed by atoms with Gasteiger partial charge in [0.05, 0.1) is 6.04 Å². The van der Waals surface area contributed by atoms with Gasteiger partial charge in [0.2, 0.25) is 0 Å². The van der Waals surface area contributed by atoms with Gasteiger partial charge >= 0.3 is 5.16 Å². The first-order valence-corrected chi connectivity index (χ1v) is 9.07. The second-order valence-electron chi connectivity index (χ2n) is 5.44. The summed E-state index contributed by atoms with van der Waals surface area (Å²) in [6, 6.07) is 15.4. The summed E-state index contributed by atoms with van der Waals surface area (Å²) in [6.45, 7) is 1.93. The molecule has 0 spiro atoms. The molecule has 5 nitrogen and oxygen atoms in total. The van der Waals surface area contributed by atoms with E-state index in [0.717, 1.165) is 16.3 Å². The van der Waals surface area contributed by atoms with Crippen LogP contribution in [0.25, 0.3) is 10.8 Å². The molecule has 122 valence electrons. The topological polar surface area (TPSA) is 77.9 Å². The van der Waals surface area contributed by atoms with Gasteiger partial charge in [0.1, 0.15) is 11.9 Å². The van der Waals surface area contributed by atoms with Crippen LogP contribution in [0.15, 0.2) is 59.9 Å². The second-order valence-corrected chi connectivity index (χ2v) is 6.72. The maximum atomic E-state index is 12.4. The minimum Gasteiger partial charge on any atom is -0.609 e. The van der Waals surface area contributed by atoms with E-state index >= 15 is 0 Å². The van der Waals surface area contributed by atoms with Crippen LogP contribution in [0.2, 0.25) is 0 Å². The van der Waals surface area contributed by atoms with E-state index in [2.05, 4.69) is 15.3 Å². The van der Waals surface area contributed by atoms with Crippen LogP contribution in [0.5, 0.6) is 0 Å². The Labute approximate surface area is 143 Å². The maximum absolute atomic E-state index is 12.4. The Morgan fingerprint density at radius 2 is 1.92 bits per heavy atom. The van der Waals surface area contributed by atoms with Crippen LogP contribution in [-0.4, -0.2) is 26.7 Å². The molecule has 0 fully saturated rings. The predicted molar refractivity (Wildman–Crippen MR) is 94.2 cm³/mol. The van der Waals surface area contributed by atoms with Crippen molar-refractivity contribution in [3.63, 3.8) is 0 Å². The summed E-state index contributed by atoms with van der Waals surface area (Å²) in [6.07, 6.45) is 2.93. The molecule has 0 aliphatic heterocycles. The fraction of sp³-hybridized carbons (Fsp3) is 0.167. The Balaban J connectivity index is 1.85. The van der Waals surface area contributed by atoms with Crippen LogP contribution in [0, 0.1) is 0 Å². The Bertz CT molecular complexity index is 878. The summed E-state index contributed by atoms with van der Waals surface area (Å²) in [5, 5.41) is 5.33. The lowest BCUT2D eigenvalue weighted by molar-refractivity contribution is 0.0934. The summed E-state index contributed by atoms with van der Waals surface area (Å²) >= 11 is -1.33. The lowest BCUT2D eigenvalue weighted by atomic mass is 9.99. The van der Waals surface area contributed by atoms with E-state index < -0.39 is 11.2 Å². The summed E-state index contributed by atoms with van der Waals surface area (Å²) < 4.78 is 11.5. The van der Waals surface area contributed by atoms with Gasteiger partial charge in [-0.15, -0.1) is 0 Å². The predicted octanol–water partition coefficient (Wildman–Crippen LogP) is 2.86. The number of aromatic nitrogens is 2. The molecule has 6 heteroatoms. The molecule has 24 heavy (non-hydrogen) atoms. The molecule has 1 heterocycles. The van der Waals surface area contributed by atoms with E-state index in [1.807, 2.05) is 49.4 Å². The van der Waals surface area contributed by atoms with E-state index in [0.29, 0.717) is 0 Å². The minimum absolute atomic E-state index is 0.153. The molecular formula is C18H17N3O2S. The van der Waals surface area contributed by atoms with Crippen molar-refractivity contribution < 1.29 is 9.35 Å². The van der Waals surface area contributed by atoms with Crippen molar-refractivity contribution in [2.24, 2.45) is 0 Å². The van der Waals surface area contributed by atoms with Gasteiger partial charge in [-0.05, 0) is 29.3 Å². The van der Waals surface area contributed by atoms with Gasteiger partial charge in [-0.25, -0.2) is 0 Å². The molecule has 3 rings (SSSR count). The molecule has 2 unspecified atom stereocenters. The average molecular weight is 339 g/mol. The van der Waals surface area contributed by atoms with Gasteiger partial charge in [0.25, 0.3) is 5.91 Å². The highest BCUT2D eigenvalue weighted by Crippen LogP contribution is 2.24. The first kappa shape index (κ1) is 16.4. The summed E-state index contributed by atoms with van der Waals surface area (Å²) in [5.41, 5.74) is 1.25. The van der Waals surface area contributed by atoms with Crippen molar-refractivity contribution in [1.82, 2.24) is 15.3 Å². The molecule has 2 aromatic carbocycles. The third kappa shape index (κ3) is 3.39. The van der Waals surface area contributed by atoms with Crippen LogP contribution >= 0.6 is 0 Å². The summed E-state index contributed by atoms with van der Waals surface area (Å²) in [7, 11) is 0. The van der Waals surface area contributed by atoms with E-state index in [1.165, 1.54) is 18.5 Å². The van der Waals surface area contributed by atoms with Crippen molar-refractivity contribution in [2.75, 3.05) is 6.26 Å². The molecule has 1 aromatic heterocycles. The summed E-state index contributed by atoms with van der Waals surface area (Å²) in [5.74, 6) is -0.315. The minimum atomic E-state index is -1.33. The van der Waals surface area contributed by atoms with Crippen molar-refractivity contribution in [2.45, 2.75) is 18.1 Å². The third-order valence-electron chi connectivity index (χ3n) is 3.76. The number of rotatable bonds is 4. The highest BCUT2D eigenvalue weighted by Gasteiger charge is 2.17. The van der Waals surface area contributed by atoms with E-state index in [1.54, 1.807) is 0 Å². The van der Waals surface area contributed by atoms with Gasteiger partial charge in [0, 0.05) is 17.4 Å². The molecule has 1 amide bonds. The van der Waals surface area contributed by atoms with Gasteiger partial charge in [-0.3, -0.25) is 4.79 Å². The van der Waals surface area contributed by atoms with Crippen LogP contribution in [0.1, 0.15) is 29.0 Å². The molecule has 1 N–H and O–H groups in total. The zero-order chi connectivity index (χ0) is 17.1. The van der Waals surface area contributed by atoms with Gasteiger partial charge < -0.3 is 9.87 Å². The molecule has 0 bridgehead atoms. The normalized spacial score (nSPS) is 13.5. The Morgan fingerprint density at radius 3 is 2.71 bits per heavy atom. The number of nitrogens with zero attached hydrogens (tertiary/aromatic N) is 2. The number of carbonyl (C=O) groups is 1. The quantitative estimate of drug-likeness (QED) is 0.586. The largest absolute Gasteiger partial charge is 0.609 e. The molecule has 0 aliphatic rings. The Kier molecular flexibility index (Phi) is 4.78. The molecule has 0 radical (unpaired) electrons. The molecule has 0 saturated carbocycles. The number of carbonyl (C=O) groups excluding carboxylic acids is 1. The zero-order valence-corrected chi connectivity index (χ0v) is 14.2. The number of amides is 1. The van der Waals surface area contributed by atoms with Crippen molar-refractivity contribution in [3.05, 3.63) is 66.0 Å². The SMILES string of the molecule is CC(NC(=O)c1ccnc([S+](C)[O-])n1)c1cccc2ccccc12. The van der Waals surface area contributed by atoms with Gasteiger partial charge in [0.15, 0.2) is 0 Å². The average Bonchev–Trinajstić information content (AvgIpc) is 2.61. The van der Waals surface area contributed by atoms with Crippen LogP contribution in [0.3, 0.4) is 0 Å². The molecule has 3 aromatic rings.